The summed E-state index contributed by atoms with van der Waals surface area (Å²) >= 11 is 0. The molecule has 1 aromatic carbocycles. The molecule has 0 bridgehead atoms. The normalized spacial score (nSPS) is 13.0. The van der Waals surface area contributed by atoms with Gasteiger partial charge in [-0.25, -0.2) is 0 Å². The first-order valence-electron chi connectivity index (χ1n) is 4.75. The maximum Gasteiger partial charge on any atom is 0.120 e. The van der Waals surface area contributed by atoms with E-state index >= 15 is 0 Å². The Morgan fingerprint density at radius 3 is 2.08 bits per heavy atom. The van der Waals surface area contributed by atoms with Crippen molar-refractivity contribution in [1.29, 1.82) is 0 Å². The van der Waals surface area contributed by atoms with E-state index in [0.29, 0.717) is 0 Å². The predicted octanol–water partition coefficient (Wildman–Crippen LogP) is 1.16. The van der Waals surface area contributed by atoms with E-state index in [1.54, 1.807) is 5.19 Å². The lowest BCUT2D eigenvalue weighted by atomic mass is 10.4. The zero-order valence-corrected chi connectivity index (χ0v) is 11.5. The number of nitrogens with zero attached hydrogens (tertiary/aromatic N) is 1. The van der Waals surface area contributed by atoms with Crippen LogP contribution in [0.1, 0.15) is 0 Å². The molecule has 0 fully saturated rings. The molecule has 0 aliphatic heterocycles. The van der Waals surface area contributed by atoms with E-state index in [2.05, 4.69) is 61.3 Å². The Kier molecular flexibility index (Phi) is 3.47. The Hall–Kier alpha value is -0.386. The molecule has 0 spiro atoms. The van der Waals surface area contributed by atoms with Crippen LogP contribution in [0, 0.1) is 0 Å². The van der Waals surface area contributed by atoms with Gasteiger partial charge in [0.25, 0.3) is 0 Å². The molecule has 0 aromatic heterocycles. The lowest BCUT2D eigenvalue weighted by Gasteiger charge is -2.29. The van der Waals surface area contributed by atoms with Gasteiger partial charge in [-0.2, -0.15) is 0 Å². The molecule has 1 rings (SSSR count). The second-order valence-electron chi connectivity index (χ2n) is 4.51. The van der Waals surface area contributed by atoms with Gasteiger partial charge >= 0.3 is 0 Å². The van der Waals surface area contributed by atoms with Crippen molar-refractivity contribution >= 4 is 23.1 Å². The van der Waals surface area contributed by atoms with Gasteiger partial charge in [-0.05, 0) is 7.05 Å². The average molecular weight is 209 g/mol. The summed E-state index contributed by atoms with van der Waals surface area (Å²) in [6.45, 7) is 7.22. The van der Waals surface area contributed by atoms with Gasteiger partial charge in [0.05, 0.1) is 0 Å². The molecule has 0 atom stereocenters. The summed E-state index contributed by atoms with van der Waals surface area (Å²) in [6.07, 6.45) is 0. The van der Waals surface area contributed by atoms with Gasteiger partial charge in [0, 0.05) is 0 Å². The second kappa shape index (κ2) is 4.22. The topological polar surface area (TPSA) is 3.24 Å². The fourth-order valence-electron chi connectivity index (χ4n) is 1.09. The van der Waals surface area contributed by atoms with E-state index in [9.17, 15) is 0 Å². The van der Waals surface area contributed by atoms with Crippen molar-refractivity contribution in [2.24, 2.45) is 0 Å². The van der Waals surface area contributed by atoms with Crippen LogP contribution in [0.5, 0.6) is 0 Å². The van der Waals surface area contributed by atoms with Crippen LogP contribution in [0.2, 0.25) is 19.6 Å². The molecule has 1 nitrogen and oxygen atoms in total. The summed E-state index contributed by atoms with van der Waals surface area (Å²) < 4.78 is 2.63. The molecule has 13 heavy (non-hydrogen) atoms. The molecule has 0 unspecified atom stereocenters. The largest absolute Gasteiger partial charge is 0.350 e. The molecule has 0 aliphatic carbocycles. The Bertz CT molecular complexity index is 253. The molecule has 3 heteroatoms. The van der Waals surface area contributed by atoms with E-state index in [4.69, 9.17) is 0 Å². The Morgan fingerprint density at radius 1 is 1.08 bits per heavy atom. The first-order chi connectivity index (χ1) is 6.00. The quantitative estimate of drug-likeness (QED) is 0.676. The van der Waals surface area contributed by atoms with E-state index in [-0.39, 0.29) is 9.68 Å². The third-order valence-corrected chi connectivity index (χ3v) is 9.33. The lowest BCUT2D eigenvalue weighted by Crippen LogP contribution is -2.49. The first kappa shape index (κ1) is 10.7. The fourth-order valence-corrected chi connectivity index (χ4v) is 4.57. The Labute approximate surface area is 84.8 Å². The van der Waals surface area contributed by atoms with Crippen LogP contribution in [0.3, 0.4) is 0 Å². The molecule has 0 N–H and O–H groups in total. The Balaban J connectivity index is 2.61. The predicted molar refractivity (Wildman–Crippen MR) is 65.7 cm³/mol. The van der Waals surface area contributed by atoms with Gasteiger partial charge in [-0.1, -0.05) is 55.2 Å². The standard InChI is InChI=1S/C10H19NSi2/c1-11(13(2,3)4)12-10-8-6-5-7-9-10/h5-9H,12H2,1-4H3. The molecule has 0 saturated carbocycles. The molecule has 0 saturated heterocycles. The zero-order valence-electron chi connectivity index (χ0n) is 9.04. The van der Waals surface area contributed by atoms with E-state index in [1.807, 2.05) is 0 Å². The highest BCUT2D eigenvalue weighted by Crippen LogP contribution is 2.03. The SMILES string of the molecule is CN([SiH2]c1ccccc1)[Si](C)(C)C. The minimum atomic E-state index is -1.05. The van der Waals surface area contributed by atoms with Crippen LogP contribution in [-0.4, -0.2) is 29.2 Å². The third-order valence-electron chi connectivity index (χ3n) is 2.41. The summed E-state index contributed by atoms with van der Waals surface area (Å²) in [5.41, 5.74) is 0. The monoisotopic (exact) mass is 209 g/mol. The van der Waals surface area contributed by atoms with Crippen molar-refractivity contribution in [2.45, 2.75) is 19.6 Å². The maximum absolute atomic E-state index is 2.63. The van der Waals surface area contributed by atoms with Crippen molar-refractivity contribution in [3.63, 3.8) is 0 Å². The summed E-state index contributed by atoms with van der Waals surface area (Å²) in [5, 5.41) is 1.55. The maximum atomic E-state index is 2.63. The van der Waals surface area contributed by atoms with Crippen LogP contribution in [0.25, 0.3) is 0 Å². The molecule has 72 valence electrons. The van der Waals surface area contributed by atoms with E-state index in [1.165, 1.54) is 0 Å². The fraction of sp³-hybridized carbons (Fsp3) is 0.400. The number of rotatable bonds is 3. The molecule has 0 radical (unpaired) electrons. The average Bonchev–Trinajstić information content (AvgIpc) is 2.04. The van der Waals surface area contributed by atoms with Crippen LogP contribution >= 0.6 is 0 Å². The van der Waals surface area contributed by atoms with Gasteiger partial charge in [-0.15, -0.1) is 0 Å². The van der Waals surface area contributed by atoms with Crippen molar-refractivity contribution in [1.82, 2.24) is 4.23 Å². The summed E-state index contributed by atoms with van der Waals surface area (Å²) in [4.78, 5) is 0. The van der Waals surface area contributed by atoms with Crippen molar-refractivity contribution in [3.8, 4) is 0 Å². The van der Waals surface area contributed by atoms with Gasteiger partial charge in [-0.3, -0.25) is 0 Å². The molecule has 0 heterocycles. The number of hydrogen-bond acceptors (Lipinski definition) is 1. The second-order valence-corrected chi connectivity index (χ2v) is 12.3. The van der Waals surface area contributed by atoms with Gasteiger partial charge in [0.15, 0.2) is 0 Å². The van der Waals surface area contributed by atoms with Crippen LogP contribution in [0.4, 0.5) is 0 Å². The minimum absolute atomic E-state index is 0.196. The highest BCUT2D eigenvalue weighted by atomic mass is 28.4. The number of benzene rings is 1. The van der Waals surface area contributed by atoms with Crippen molar-refractivity contribution in [2.75, 3.05) is 7.05 Å². The molecule has 1 aromatic rings. The van der Waals surface area contributed by atoms with Crippen LogP contribution < -0.4 is 5.19 Å². The molecular weight excluding hydrogens is 190 g/mol. The van der Waals surface area contributed by atoms with Crippen LogP contribution in [-0.2, 0) is 0 Å². The van der Waals surface area contributed by atoms with E-state index < -0.39 is 8.24 Å². The summed E-state index contributed by atoms with van der Waals surface area (Å²) in [6, 6.07) is 10.9. The molecule has 0 amide bonds. The number of hydrogen-bond donors (Lipinski definition) is 0. The lowest BCUT2D eigenvalue weighted by molar-refractivity contribution is 0.809. The van der Waals surface area contributed by atoms with Crippen LogP contribution in [0.15, 0.2) is 30.3 Å². The van der Waals surface area contributed by atoms with Crippen molar-refractivity contribution in [3.05, 3.63) is 30.3 Å². The molecular formula is C10H19NSi2. The Morgan fingerprint density at radius 2 is 1.62 bits per heavy atom. The van der Waals surface area contributed by atoms with Gasteiger partial charge in [0.1, 0.15) is 17.9 Å². The van der Waals surface area contributed by atoms with E-state index in [0.717, 1.165) is 0 Å². The van der Waals surface area contributed by atoms with Crippen molar-refractivity contribution < 1.29 is 0 Å². The highest BCUT2D eigenvalue weighted by Gasteiger charge is 2.19. The van der Waals surface area contributed by atoms with Gasteiger partial charge in [0.2, 0.25) is 0 Å². The third kappa shape index (κ3) is 3.46. The zero-order chi connectivity index (χ0) is 9.90. The minimum Gasteiger partial charge on any atom is -0.350 e. The smallest absolute Gasteiger partial charge is 0.120 e. The van der Waals surface area contributed by atoms with Gasteiger partial charge < -0.3 is 4.23 Å². The summed E-state index contributed by atoms with van der Waals surface area (Å²) in [7, 11) is 1.04. The highest BCUT2D eigenvalue weighted by molar-refractivity contribution is 6.81. The first-order valence-corrected chi connectivity index (χ1v) is 9.54. The molecule has 0 aliphatic rings. The summed E-state index contributed by atoms with van der Waals surface area (Å²) in [5.74, 6) is 0.